The number of hydrogen-bond donors (Lipinski definition) is 0. The van der Waals surface area contributed by atoms with Gasteiger partial charge in [-0.3, -0.25) is 0 Å². The molecule has 2 heterocycles. The van der Waals surface area contributed by atoms with E-state index in [4.69, 9.17) is 4.52 Å². The molecule has 0 fully saturated rings. The molecular formula is C8H7BrN2OS. The van der Waals surface area contributed by atoms with Crippen LogP contribution in [0.2, 0.25) is 0 Å². The molecule has 13 heavy (non-hydrogen) atoms. The van der Waals surface area contributed by atoms with Crippen LogP contribution in [0.3, 0.4) is 0 Å². The van der Waals surface area contributed by atoms with Crippen molar-refractivity contribution in [3.8, 4) is 10.7 Å². The summed E-state index contributed by atoms with van der Waals surface area (Å²) in [5, 5.41) is 5.87. The molecule has 0 unspecified atom stereocenters. The highest BCUT2D eigenvalue weighted by molar-refractivity contribution is 9.10. The molecule has 0 saturated heterocycles. The number of aromatic nitrogens is 2. The summed E-state index contributed by atoms with van der Waals surface area (Å²) in [7, 11) is 0. The predicted molar refractivity (Wildman–Crippen MR) is 54.7 cm³/mol. The molecule has 0 bridgehead atoms. The number of halogens is 1. The minimum absolute atomic E-state index is 0.674. The standard InChI is InChI=1S/C8H7BrN2OS/c1-2-7-10-8(11-12-7)6-3-5(9)4-13-6/h3-4H,2H2,1H3. The molecule has 0 radical (unpaired) electrons. The molecule has 0 aliphatic heterocycles. The fourth-order valence-corrected chi connectivity index (χ4v) is 2.28. The summed E-state index contributed by atoms with van der Waals surface area (Å²) in [6, 6.07) is 1.98. The van der Waals surface area contributed by atoms with Crippen LogP contribution in [0.1, 0.15) is 12.8 Å². The van der Waals surface area contributed by atoms with Crippen molar-refractivity contribution < 1.29 is 4.52 Å². The Morgan fingerprint density at radius 1 is 1.62 bits per heavy atom. The van der Waals surface area contributed by atoms with E-state index in [1.807, 2.05) is 18.4 Å². The normalized spacial score (nSPS) is 10.6. The van der Waals surface area contributed by atoms with Gasteiger partial charge in [0, 0.05) is 16.3 Å². The summed E-state index contributed by atoms with van der Waals surface area (Å²) in [6.45, 7) is 1.99. The van der Waals surface area contributed by atoms with Crippen molar-refractivity contribution in [1.82, 2.24) is 10.1 Å². The van der Waals surface area contributed by atoms with Crippen LogP contribution >= 0.6 is 27.3 Å². The summed E-state index contributed by atoms with van der Waals surface area (Å²) in [5.74, 6) is 1.35. The lowest BCUT2D eigenvalue weighted by Gasteiger charge is -1.81. The topological polar surface area (TPSA) is 38.9 Å². The van der Waals surface area contributed by atoms with Crippen LogP contribution < -0.4 is 0 Å². The van der Waals surface area contributed by atoms with Crippen molar-refractivity contribution in [2.24, 2.45) is 0 Å². The SMILES string of the molecule is CCc1nc(-c2cc(Br)cs2)no1. The third-order valence-corrected chi connectivity index (χ3v) is 3.25. The van der Waals surface area contributed by atoms with E-state index in [1.165, 1.54) is 0 Å². The van der Waals surface area contributed by atoms with Gasteiger partial charge in [0.2, 0.25) is 11.7 Å². The van der Waals surface area contributed by atoms with Gasteiger partial charge in [0.05, 0.1) is 4.88 Å². The van der Waals surface area contributed by atoms with Gasteiger partial charge in [-0.05, 0) is 22.0 Å². The molecule has 0 N–H and O–H groups in total. The van der Waals surface area contributed by atoms with E-state index in [2.05, 4.69) is 26.1 Å². The zero-order valence-corrected chi connectivity index (χ0v) is 9.35. The van der Waals surface area contributed by atoms with E-state index >= 15 is 0 Å². The molecule has 0 aliphatic carbocycles. The predicted octanol–water partition coefficient (Wildman–Crippen LogP) is 3.12. The molecule has 0 spiro atoms. The van der Waals surface area contributed by atoms with E-state index in [0.717, 1.165) is 15.8 Å². The Hall–Kier alpha value is -0.680. The third-order valence-electron chi connectivity index (χ3n) is 1.56. The average Bonchev–Trinajstić information content (AvgIpc) is 2.71. The molecular weight excluding hydrogens is 252 g/mol. The second kappa shape index (κ2) is 3.59. The summed E-state index contributed by atoms with van der Waals surface area (Å²) in [5.41, 5.74) is 0. The zero-order chi connectivity index (χ0) is 9.26. The number of hydrogen-bond acceptors (Lipinski definition) is 4. The molecule has 0 aliphatic rings. The highest BCUT2D eigenvalue weighted by Gasteiger charge is 2.08. The van der Waals surface area contributed by atoms with Crippen LogP contribution in [0.5, 0.6) is 0 Å². The second-order valence-electron chi connectivity index (χ2n) is 2.49. The van der Waals surface area contributed by atoms with Gasteiger partial charge >= 0.3 is 0 Å². The van der Waals surface area contributed by atoms with Gasteiger partial charge in [-0.15, -0.1) is 11.3 Å². The summed E-state index contributed by atoms with van der Waals surface area (Å²) < 4.78 is 6.06. The Kier molecular flexibility index (Phi) is 2.46. The Morgan fingerprint density at radius 2 is 2.46 bits per heavy atom. The minimum Gasteiger partial charge on any atom is -0.339 e. The largest absolute Gasteiger partial charge is 0.339 e. The third kappa shape index (κ3) is 1.81. The second-order valence-corrected chi connectivity index (χ2v) is 4.32. The first-order valence-electron chi connectivity index (χ1n) is 3.86. The van der Waals surface area contributed by atoms with Crippen LogP contribution in [0.15, 0.2) is 20.4 Å². The molecule has 2 aromatic heterocycles. The van der Waals surface area contributed by atoms with Crippen LogP contribution in [0.4, 0.5) is 0 Å². The quantitative estimate of drug-likeness (QED) is 0.831. The minimum atomic E-state index is 0.674. The van der Waals surface area contributed by atoms with Gasteiger partial charge in [-0.2, -0.15) is 4.98 Å². The maximum atomic E-state index is 5.01. The Balaban J connectivity index is 2.35. The van der Waals surface area contributed by atoms with Gasteiger partial charge in [0.1, 0.15) is 0 Å². The first-order chi connectivity index (χ1) is 6.29. The molecule has 0 saturated carbocycles. The lowest BCUT2D eigenvalue weighted by molar-refractivity contribution is 0.383. The Labute approximate surface area is 87.9 Å². The highest BCUT2D eigenvalue weighted by atomic mass is 79.9. The summed E-state index contributed by atoms with van der Waals surface area (Å²) in [4.78, 5) is 5.25. The number of aryl methyl sites for hydroxylation is 1. The van der Waals surface area contributed by atoms with E-state index in [1.54, 1.807) is 11.3 Å². The molecule has 68 valence electrons. The first-order valence-corrected chi connectivity index (χ1v) is 5.54. The summed E-state index contributed by atoms with van der Waals surface area (Å²) >= 11 is 4.97. The first kappa shape index (κ1) is 8.90. The van der Waals surface area contributed by atoms with E-state index < -0.39 is 0 Å². The van der Waals surface area contributed by atoms with Crippen molar-refractivity contribution in [1.29, 1.82) is 0 Å². The number of rotatable bonds is 2. The van der Waals surface area contributed by atoms with Crippen LogP contribution in [-0.2, 0) is 6.42 Å². The van der Waals surface area contributed by atoms with Crippen molar-refractivity contribution >= 4 is 27.3 Å². The number of nitrogens with zero attached hydrogens (tertiary/aromatic N) is 2. The lowest BCUT2D eigenvalue weighted by Crippen LogP contribution is -1.78. The Morgan fingerprint density at radius 3 is 3.00 bits per heavy atom. The molecule has 0 atom stereocenters. The number of thiophene rings is 1. The van der Waals surface area contributed by atoms with Gasteiger partial charge in [-0.1, -0.05) is 12.1 Å². The van der Waals surface area contributed by atoms with Crippen molar-refractivity contribution in [3.05, 3.63) is 21.8 Å². The van der Waals surface area contributed by atoms with Gasteiger partial charge in [-0.25, -0.2) is 0 Å². The molecule has 5 heteroatoms. The van der Waals surface area contributed by atoms with Crippen molar-refractivity contribution in [2.45, 2.75) is 13.3 Å². The molecule has 2 aromatic rings. The maximum absolute atomic E-state index is 5.01. The highest BCUT2D eigenvalue weighted by Crippen LogP contribution is 2.27. The monoisotopic (exact) mass is 258 g/mol. The maximum Gasteiger partial charge on any atom is 0.226 e. The van der Waals surface area contributed by atoms with Gasteiger partial charge in [0.25, 0.3) is 0 Å². The summed E-state index contributed by atoms with van der Waals surface area (Å²) in [6.07, 6.45) is 0.777. The molecule has 0 amide bonds. The van der Waals surface area contributed by atoms with Crippen LogP contribution in [0.25, 0.3) is 10.7 Å². The van der Waals surface area contributed by atoms with E-state index in [9.17, 15) is 0 Å². The fourth-order valence-electron chi connectivity index (χ4n) is 0.929. The average molecular weight is 259 g/mol. The van der Waals surface area contributed by atoms with E-state index in [-0.39, 0.29) is 0 Å². The molecule has 3 nitrogen and oxygen atoms in total. The van der Waals surface area contributed by atoms with Crippen molar-refractivity contribution in [2.75, 3.05) is 0 Å². The molecule has 2 rings (SSSR count). The smallest absolute Gasteiger partial charge is 0.226 e. The zero-order valence-electron chi connectivity index (χ0n) is 6.95. The lowest BCUT2D eigenvalue weighted by atomic mass is 10.4. The van der Waals surface area contributed by atoms with Gasteiger partial charge in [0.15, 0.2) is 0 Å². The van der Waals surface area contributed by atoms with Crippen LogP contribution in [-0.4, -0.2) is 10.1 Å². The Bertz CT molecular complexity index is 410. The molecule has 0 aromatic carbocycles. The van der Waals surface area contributed by atoms with Gasteiger partial charge < -0.3 is 4.52 Å². The van der Waals surface area contributed by atoms with Crippen LogP contribution in [0, 0.1) is 0 Å². The van der Waals surface area contributed by atoms with Crippen molar-refractivity contribution in [3.63, 3.8) is 0 Å². The van der Waals surface area contributed by atoms with E-state index in [0.29, 0.717) is 11.7 Å². The fraction of sp³-hybridized carbons (Fsp3) is 0.250.